The molecule has 0 spiro atoms. The van der Waals surface area contributed by atoms with Crippen LogP contribution in [0.15, 0.2) is 54.6 Å². The third-order valence-electron chi connectivity index (χ3n) is 4.43. The maximum Gasteiger partial charge on any atom is 0.254 e. The van der Waals surface area contributed by atoms with Crippen molar-refractivity contribution in [2.24, 2.45) is 0 Å². The average molecular weight is 339 g/mol. The molecule has 2 aromatic rings. The molecule has 4 heteroatoms. The Bertz CT molecular complexity index is 682. The van der Waals surface area contributed by atoms with E-state index in [-0.39, 0.29) is 12.0 Å². The average Bonchev–Trinajstić information content (AvgIpc) is 2.67. The molecule has 1 atom stereocenters. The Balaban J connectivity index is 1.54. The van der Waals surface area contributed by atoms with E-state index in [0.29, 0.717) is 37.8 Å². The lowest BCUT2D eigenvalue weighted by molar-refractivity contribution is -0.0401. The highest BCUT2D eigenvalue weighted by Gasteiger charge is 2.25. The summed E-state index contributed by atoms with van der Waals surface area (Å²) in [6, 6.07) is 17.5. The van der Waals surface area contributed by atoms with Gasteiger partial charge in [-0.05, 0) is 35.7 Å². The molecule has 0 saturated carbocycles. The van der Waals surface area contributed by atoms with Crippen LogP contribution in [0.25, 0.3) is 0 Å². The SMILES string of the molecule is CC(C)c1ccc(OC[C@H]2CN(C(=O)c3ccccc3)CCO2)cc1. The first-order valence-electron chi connectivity index (χ1n) is 8.82. The van der Waals surface area contributed by atoms with Crippen molar-refractivity contribution in [2.45, 2.75) is 25.9 Å². The number of ether oxygens (including phenoxy) is 2. The number of rotatable bonds is 5. The second-order valence-electron chi connectivity index (χ2n) is 6.64. The molecule has 1 amide bonds. The molecule has 0 aromatic heterocycles. The largest absolute Gasteiger partial charge is 0.491 e. The molecule has 0 N–H and O–H groups in total. The van der Waals surface area contributed by atoms with Gasteiger partial charge in [0.25, 0.3) is 5.91 Å². The van der Waals surface area contributed by atoms with E-state index in [2.05, 4.69) is 26.0 Å². The maximum atomic E-state index is 12.6. The summed E-state index contributed by atoms with van der Waals surface area (Å²) in [5, 5.41) is 0. The number of hydrogen-bond donors (Lipinski definition) is 0. The molecule has 3 rings (SSSR count). The van der Waals surface area contributed by atoms with Crippen LogP contribution < -0.4 is 4.74 Å². The minimum Gasteiger partial charge on any atom is -0.491 e. The van der Waals surface area contributed by atoms with Gasteiger partial charge in [-0.25, -0.2) is 0 Å². The van der Waals surface area contributed by atoms with Crippen LogP contribution in [0.1, 0.15) is 35.7 Å². The second-order valence-corrected chi connectivity index (χ2v) is 6.64. The van der Waals surface area contributed by atoms with Crippen molar-refractivity contribution in [1.82, 2.24) is 4.90 Å². The minimum absolute atomic E-state index is 0.0511. The molecule has 1 heterocycles. The van der Waals surface area contributed by atoms with Crippen molar-refractivity contribution < 1.29 is 14.3 Å². The number of benzene rings is 2. The van der Waals surface area contributed by atoms with Crippen molar-refractivity contribution in [3.63, 3.8) is 0 Å². The highest BCUT2D eigenvalue weighted by Crippen LogP contribution is 2.19. The Labute approximate surface area is 149 Å². The Hall–Kier alpha value is -2.33. The van der Waals surface area contributed by atoms with Gasteiger partial charge < -0.3 is 14.4 Å². The third kappa shape index (κ3) is 4.60. The molecule has 0 radical (unpaired) electrons. The summed E-state index contributed by atoms with van der Waals surface area (Å²) in [4.78, 5) is 14.4. The zero-order valence-electron chi connectivity index (χ0n) is 14.9. The standard InChI is InChI=1S/C21H25NO3/c1-16(2)17-8-10-19(11-9-17)25-15-20-14-22(12-13-24-20)21(23)18-6-4-3-5-7-18/h3-11,16,20H,12-15H2,1-2H3/t20-/m1/s1. The molecule has 0 aliphatic carbocycles. The first kappa shape index (κ1) is 17.5. The molecular formula is C21H25NO3. The summed E-state index contributed by atoms with van der Waals surface area (Å²) in [7, 11) is 0. The van der Waals surface area contributed by atoms with Crippen LogP contribution in [0.3, 0.4) is 0 Å². The van der Waals surface area contributed by atoms with E-state index in [1.165, 1.54) is 5.56 Å². The lowest BCUT2D eigenvalue weighted by atomic mass is 10.0. The second kappa shape index (κ2) is 8.17. The summed E-state index contributed by atoms with van der Waals surface area (Å²) in [6.07, 6.45) is -0.105. The first-order valence-corrected chi connectivity index (χ1v) is 8.82. The topological polar surface area (TPSA) is 38.8 Å². The van der Waals surface area contributed by atoms with E-state index in [9.17, 15) is 4.79 Å². The van der Waals surface area contributed by atoms with E-state index in [1.54, 1.807) is 0 Å². The number of morpholine rings is 1. The van der Waals surface area contributed by atoms with Gasteiger partial charge in [-0.2, -0.15) is 0 Å². The predicted molar refractivity (Wildman–Crippen MR) is 98.1 cm³/mol. The lowest BCUT2D eigenvalue weighted by Crippen LogP contribution is -2.47. The lowest BCUT2D eigenvalue weighted by Gasteiger charge is -2.33. The minimum atomic E-state index is -0.105. The van der Waals surface area contributed by atoms with Gasteiger partial charge in [-0.1, -0.05) is 44.2 Å². The zero-order chi connectivity index (χ0) is 17.6. The summed E-state index contributed by atoms with van der Waals surface area (Å²) in [5.74, 6) is 1.39. The van der Waals surface area contributed by atoms with Crippen LogP contribution in [0.2, 0.25) is 0 Å². The van der Waals surface area contributed by atoms with Crippen LogP contribution >= 0.6 is 0 Å². The highest BCUT2D eigenvalue weighted by atomic mass is 16.5. The van der Waals surface area contributed by atoms with Crippen molar-refractivity contribution in [3.05, 3.63) is 65.7 Å². The Morgan fingerprint density at radius 3 is 2.56 bits per heavy atom. The quantitative estimate of drug-likeness (QED) is 0.833. The normalized spacial score (nSPS) is 17.6. The van der Waals surface area contributed by atoms with Gasteiger partial charge >= 0.3 is 0 Å². The highest BCUT2D eigenvalue weighted by molar-refractivity contribution is 5.94. The van der Waals surface area contributed by atoms with Gasteiger partial charge in [0.05, 0.1) is 13.2 Å². The Kier molecular flexibility index (Phi) is 5.71. The predicted octanol–water partition coefficient (Wildman–Crippen LogP) is 3.73. The van der Waals surface area contributed by atoms with Gasteiger partial charge in [0.1, 0.15) is 18.5 Å². The number of hydrogen-bond acceptors (Lipinski definition) is 3. The molecule has 132 valence electrons. The zero-order valence-corrected chi connectivity index (χ0v) is 14.9. The van der Waals surface area contributed by atoms with E-state index in [1.807, 2.05) is 47.4 Å². The van der Waals surface area contributed by atoms with Gasteiger partial charge in [-0.3, -0.25) is 4.79 Å². The summed E-state index contributed by atoms with van der Waals surface area (Å²) >= 11 is 0. The fourth-order valence-electron chi connectivity index (χ4n) is 2.91. The molecule has 1 saturated heterocycles. The van der Waals surface area contributed by atoms with Gasteiger partial charge in [-0.15, -0.1) is 0 Å². The van der Waals surface area contributed by atoms with E-state index in [4.69, 9.17) is 9.47 Å². The molecular weight excluding hydrogens is 314 g/mol. The van der Waals surface area contributed by atoms with Crippen LogP contribution in [-0.2, 0) is 4.74 Å². The number of carbonyl (C=O) groups is 1. The fourth-order valence-corrected chi connectivity index (χ4v) is 2.91. The van der Waals surface area contributed by atoms with Crippen LogP contribution in [-0.4, -0.2) is 43.2 Å². The monoisotopic (exact) mass is 339 g/mol. The molecule has 0 bridgehead atoms. The fraction of sp³-hybridized carbons (Fsp3) is 0.381. The van der Waals surface area contributed by atoms with Crippen LogP contribution in [0, 0.1) is 0 Å². The van der Waals surface area contributed by atoms with Gasteiger partial charge in [0, 0.05) is 12.1 Å². The van der Waals surface area contributed by atoms with Gasteiger partial charge in [0.2, 0.25) is 0 Å². The van der Waals surface area contributed by atoms with Gasteiger partial charge in [0.15, 0.2) is 0 Å². The molecule has 1 aliphatic heterocycles. The Morgan fingerprint density at radius 2 is 1.88 bits per heavy atom. The summed E-state index contributed by atoms with van der Waals surface area (Å²) < 4.78 is 11.6. The van der Waals surface area contributed by atoms with Crippen molar-refractivity contribution in [1.29, 1.82) is 0 Å². The maximum absolute atomic E-state index is 12.6. The van der Waals surface area contributed by atoms with Crippen molar-refractivity contribution in [2.75, 3.05) is 26.3 Å². The van der Waals surface area contributed by atoms with Crippen molar-refractivity contribution >= 4 is 5.91 Å². The molecule has 1 aliphatic rings. The molecule has 2 aromatic carbocycles. The van der Waals surface area contributed by atoms with Crippen LogP contribution in [0.5, 0.6) is 5.75 Å². The number of carbonyl (C=O) groups excluding carboxylic acids is 1. The Morgan fingerprint density at radius 1 is 1.16 bits per heavy atom. The van der Waals surface area contributed by atoms with E-state index >= 15 is 0 Å². The van der Waals surface area contributed by atoms with E-state index in [0.717, 1.165) is 5.75 Å². The number of amides is 1. The number of nitrogens with zero attached hydrogens (tertiary/aromatic N) is 1. The summed E-state index contributed by atoms with van der Waals surface area (Å²) in [5.41, 5.74) is 2.01. The van der Waals surface area contributed by atoms with Crippen molar-refractivity contribution in [3.8, 4) is 5.75 Å². The summed E-state index contributed by atoms with van der Waals surface area (Å²) in [6.45, 7) is 6.50. The molecule has 0 unspecified atom stereocenters. The molecule has 1 fully saturated rings. The van der Waals surface area contributed by atoms with E-state index < -0.39 is 0 Å². The first-order chi connectivity index (χ1) is 12.1. The smallest absolute Gasteiger partial charge is 0.254 e. The molecule has 4 nitrogen and oxygen atoms in total. The van der Waals surface area contributed by atoms with Crippen LogP contribution in [0.4, 0.5) is 0 Å². The third-order valence-corrected chi connectivity index (χ3v) is 4.43. The molecule has 25 heavy (non-hydrogen) atoms.